The summed E-state index contributed by atoms with van der Waals surface area (Å²) in [6.45, 7) is 4.22. The van der Waals surface area contributed by atoms with E-state index in [2.05, 4.69) is 4.74 Å². The molecule has 0 amide bonds. The Hall–Kier alpha value is -7.64. The molecule has 1 aliphatic heterocycles. The lowest BCUT2D eigenvalue weighted by atomic mass is 9.72. The number of ether oxygens (including phenoxy) is 1. The third-order valence-electron chi connectivity index (χ3n) is 11.9. The van der Waals surface area contributed by atoms with E-state index >= 15 is 0 Å². The Labute approximate surface area is 390 Å². The molecule has 366 valence electrons. The molecule has 0 saturated heterocycles. The predicted molar refractivity (Wildman–Crippen MR) is 234 cm³/mol. The lowest BCUT2D eigenvalue weighted by Crippen LogP contribution is -2.54. The molecule has 1 heterocycles. The SMILES string of the molecule is CC(c1ccc2c(c1)C(=O)CC2=O)(c1ccc2c(c1)C(=O)OC2=O)C(F)(F)F.Cc1cc(N)ccc1-c1ccc(N)cc1C(F)(F)F.Cc1ccc(C(c2ccc(N)cc2)(C(F)(F)F)C(F)(F)F)cc1. The number of anilines is 3. The van der Waals surface area contributed by atoms with E-state index in [-0.39, 0.29) is 56.7 Å². The van der Waals surface area contributed by atoms with Gasteiger partial charge in [-0.15, -0.1) is 0 Å². The van der Waals surface area contributed by atoms with Gasteiger partial charge in [0.15, 0.2) is 11.6 Å². The Morgan fingerprint density at radius 1 is 0.429 bits per heavy atom. The second kappa shape index (κ2) is 18.4. The van der Waals surface area contributed by atoms with Crippen LogP contribution in [0.15, 0.2) is 121 Å². The molecule has 0 radical (unpaired) electrons. The Morgan fingerprint density at radius 3 is 1.34 bits per heavy atom. The van der Waals surface area contributed by atoms with Crippen LogP contribution in [0.4, 0.5) is 69.7 Å². The predicted octanol–water partition coefficient (Wildman–Crippen LogP) is 12.5. The monoisotopic (exact) mass is 987 g/mol. The summed E-state index contributed by atoms with van der Waals surface area (Å²) in [6.07, 6.45) is -20.8. The maximum absolute atomic E-state index is 14.2. The second-order valence-electron chi connectivity index (χ2n) is 16.5. The lowest BCUT2D eigenvalue weighted by molar-refractivity contribution is -0.288. The summed E-state index contributed by atoms with van der Waals surface area (Å²) in [5, 5.41) is 0. The average Bonchev–Trinajstić information content (AvgIpc) is 3.71. The van der Waals surface area contributed by atoms with Crippen molar-refractivity contribution >= 4 is 40.6 Å². The zero-order valence-corrected chi connectivity index (χ0v) is 36.6. The zero-order chi connectivity index (χ0) is 52.1. The van der Waals surface area contributed by atoms with Gasteiger partial charge in [0, 0.05) is 28.2 Å². The van der Waals surface area contributed by atoms with E-state index in [1.54, 1.807) is 32.0 Å². The Bertz CT molecular complexity index is 2890. The second-order valence-corrected chi connectivity index (χ2v) is 16.5. The quantitative estimate of drug-likeness (QED) is 0.0667. The zero-order valence-electron chi connectivity index (χ0n) is 36.6. The summed E-state index contributed by atoms with van der Waals surface area (Å²) < 4.78 is 168. The third-order valence-corrected chi connectivity index (χ3v) is 11.9. The largest absolute Gasteiger partial charge is 0.417 e. The summed E-state index contributed by atoms with van der Waals surface area (Å²) >= 11 is 0. The molecule has 0 aromatic heterocycles. The number of benzene rings is 6. The van der Waals surface area contributed by atoms with Crippen LogP contribution in [0, 0.1) is 13.8 Å². The van der Waals surface area contributed by atoms with E-state index in [4.69, 9.17) is 17.2 Å². The summed E-state index contributed by atoms with van der Waals surface area (Å²) in [6, 6.07) is 23.0. The van der Waals surface area contributed by atoms with Crippen LogP contribution >= 0.6 is 0 Å². The van der Waals surface area contributed by atoms with E-state index in [0.29, 0.717) is 22.4 Å². The van der Waals surface area contributed by atoms with Gasteiger partial charge < -0.3 is 21.9 Å². The molecule has 6 aromatic carbocycles. The first kappa shape index (κ1) is 51.7. The molecule has 0 saturated carbocycles. The number of carbonyl (C=O) groups excluding carboxylic acids is 4. The normalized spacial score (nSPS) is 14.7. The number of hydrogen-bond donors (Lipinski definition) is 3. The summed E-state index contributed by atoms with van der Waals surface area (Å²) in [5.74, 6) is -2.89. The highest BCUT2D eigenvalue weighted by atomic mass is 19.4. The maximum Gasteiger partial charge on any atom is 0.417 e. The van der Waals surface area contributed by atoms with Crippen LogP contribution in [0.2, 0.25) is 0 Å². The molecule has 1 aliphatic carbocycles. The summed E-state index contributed by atoms with van der Waals surface area (Å²) in [4.78, 5) is 47.1. The van der Waals surface area contributed by atoms with E-state index in [9.17, 15) is 71.9 Å². The molecule has 0 fully saturated rings. The fourth-order valence-electron chi connectivity index (χ4n) is 8.09. The molecule has 1 unspecified atom stereocenters. The minimum atomic E-state index is -5.57. The fraction of sp³-hybridized carbons (Fsp3) is 0.200. The van der Waals surface area contributed by atoms with Crippen molar-refractivity contribution in [2.24, 2.45) is 0 Å². The van der Waals surface area contributed by atoms with E-state index in [0.717, 1.165) is 79.7 Å². The Balaban J connectivity index is 0.000000176. The Morgan fingerprint density at radius 2 is 0.843 bits per heavy atom. The van der Waals surface area contributed by atoms with E-state index in [1.165, 1.54) is 30.3 Å². The molecule has 70 heavy (non-hydrogen) atoms. The first-order valence-electron chi connectivity index (χ1n) is 20.4. The molecule has 0 spiro atoms. The van der Waals surface area contributed by atoms with E-state index in [1.807, 2.05) is 0 Å². The first-order valence-corrected chi connectivity index (χ1v) is 20.4. The van der Waals surface area contributed by atoms with Crippen LogP contribution in [0.1, 0.15) is 93.7 Å². The number of cyclic esters (lactones) is 2. The van der Waals surface area contributed by atoms with Crippen molar-refractivity contribution in [3.63, 3.8) is 0 Å². The van der Waals surface area contributed by atoms with Gasteiger partial charge in [-0.2, -0.15) is 52.7 Å². The summed E-state index contributed by atoms with van der Waals surface area (Å²) in [5.41, 5.74) is 8.91. The van der Waals surface area contributed by atoms with E-state index < -0.39 is 75.7 Å². The van der Waals surface area contributed by atoms with Crippen LogP contribution in [-0.4, -0.2) is 42.0 Å². The van der Waals surface area contributed by atoms with Crippen molar-refractivity contribution in [1.29, 1.82) is 0 Å². The number of Topliss-reactive ketones (excluding diaryl/α,β-unsaturated/α-hetero) is 2. The molecule has 20 heteroatoms. The minimum Gasteiger partial charge on any atom is -0.399 e. The van der Waals surface area contributed by atoms with Crippen LogP contribution in [0.25, 0.3) is 11.1 Å². The fourth-order valence-corrected chi connectivity index (χ4v) is 8.09. The number of rotatable bonds is 5. The third kappa shape index (κ3) is 9.53. The number of nitrogens with two attached hydrogens (primary N) is 3. The van der Waals surface area contributed by atoms with Gasteiger partial charge in [-0.25, -0.2) is 9.59 Å². The highest BCUT2D eigenvalue weighted by Gasteiger charge is 2.72. The number of halogens is 12. The number of nitrogen functional groups attached to an aromatic ring is 3. The Kier molecular flexibility index (Phi) is 13.6. The van der Waals surface area contributed by atoms with Gasteiger partial charge in [0.1, 0.15) is 5.41 Å². The van der Waals surface area contributed by atoms with Crippen molar-refractivity contribution in [3.05, 3.63) is 183 Å². The molecule has 6 N–H and O–H groups in total. The van der Waals surface area contributed by atoms with Gasteiger partial charge in [-0.1, -0.05) is 72.3 Å². The number of fused-ring (bicyclic) bond motifs is 2. The van der Waals surface area contributed by atoms with Crippen molar-refractivity contribution in [2.75, 3.05) is 17.2 Å². The van der Waals surface area contributed by atoms with Crippen molar-refractivity contribution in [3.8, 4) is 11.1 Å². The van der Waals surface area contributed by atoms with Gasteiger partial charge in [0.2, 0.25) is 5.41 Å². The van der Waals surface area contributed by atoms with Crippen molar-refractivity contribution in [2.45, 2.75) is 62.7 Å². The maximum atomic E-state index is 14.2. The smallest absolute Gasteiger partial charge is 0.399 e. The number of alkyl halides is 12. The molecule has 6 aromatic rings. The topological polar surface area (TPSA) is 156 Å². The van der Waals surface area contributed by atoms with Crippen LogP contribution in [0.5, 0.6) is 0 Å². The van der Waals surface area contributed by atoms with Gasteiger partial charge in [-0.3, -0.25) is 9.59 Å². The van der Waals surface area contributed by atoms with Crippen LogP contribution < -0.4 is 17.2 Å². The number of aryl methyl sites for hydroxylation is 2. The highest BCUT2D eigenvalue weighted by Crippen LogP contribution is 2.56. The molecule has 2 aliphatic rings. The van der Waals surface area contributed by atoms with Gasteiger partial charge >= 0.3 is 36.6 Å². The lowest BCUT2D eigenvalue weighted by Gasteiger charge is -2.38. The van der Waals surface area contributed by atoms with Gasteiger partial charge in [-0.05, 0) is 114 Å². The molecule has 1 atom stereocenters. The number of hydrogen-bond acceptors (Lipinski definition) is 8. The number of carbonyl (C=O) groups is 4. The van der Waals surface area contributed by atoms with Crippen LogP contribution in [-0.2, 0) is 21.7 Å². The molecule has 8 rings (SSSR count). The summed E-state index contributed by atoms with van der Waals surface area (Å²) in [7, 11) is 0. The number of ketones is 2. The molecule has 8 nitrogen and oxygen atoms in total. The molecular weight excluding hydrogens is 951 g/mol. The van der Waals surface area contributed by atoms with Gasteiger partial charge in [0.25, 0.3) is 0 Å². The molecule has 0 bridgehead atoms. The highest BCUT2D eigenvalue weighted by molar-refractivity contribution is 6.24. The average molecular weight is 988 g/mol. The van der Waals surface area contributed by atoms with Crippen molar-refractivity contribution < 1.29 is 76.6 Å². The minimum absolute atomic E-state index is 0.0475. The molecular formula is C50H37F12N3O5. The number of esters is 2. The van der Waals surface area contributed by atoms with Crippen molar-refractivity contribution in [1.82, 2.24) is 0 Å². The standard InChI is InChI=1S/C20H11F3O5.C16H13F6N.C14H13F3N2/c1-19(20(21,22)23,9-2-4-11-13(6-9)16(25)8-15(11)24)10-3-5-12-14(7-10)18(27)28-17(12)26;1-10-2-4-11(5-3-10)14(15(17,18)19,16(20,21)22)12-6-8-13(23)9-7-12;1-8-6-9(18)2-4-11(8)12-5-3-10(19)7-13(12)14(15,16)17/h2-7H,8H2,1H3;2-9H,23H2,1H3;2-7H,18-19H2,1H3. The van der Waals surface area contributed by atoms with Crippen LogP contribution in [0.3, 0.4) is 0 Å². The van der Waals surface area contributed by atoms with Gasteiger partial charge in [0.05, 0.1) is 23.1 Å². The first-order chi connectivity index (χ1) is 32.3.